The summed E-state index contributed by atoms with van der Waals surface area (Å²) >= 11 is 0. The molecule has 0 atom stereocenters. The van der Waals surface area contributed by atoms with Crippen LogP contribution in [0, 0.1) is 47.4 Å². The lowest BCUT2D eigenvalue weighted by atomic mass is 9.88. The fraction of sp³-hybridized carbons (Fsp3) is 0. The summed E-state index contributed by atoms with van der Waals surface area (Å²) in [6, 6.07) is 103. The van der Waals surface area contributed by atoms with Gasteiger partial charge in [0, 0.05) is 44.5 Å². The molecule has 0 unspecified atom stereocenters. The largest absolute Gasteiger partial charge is 0.0616 e. The van der Waals surface area contributed by atoms with Gasteiger partial charge in [0.05, 0.1) is 0 Å². The smallest absolute Gasteiger partial charge is 0.0407 e. The van der Waals surface area contributed by atoms with Gasteiger partial charge in [-0.25, -0.2) is 0 Å². The Labute approximate surface area is 487 Å². The van der Waals surface area contributed by atoms with Crippen molar-refractivity contribution < 1.29 is 0 Å². The molecule has 0 radical (unpaired) electrons. The molecule has 384 valence electrons. The van der Waals surface area contributed by atoms with Crippen LogP contribution in [0.2, 0.25) is 0 Å². The van der Waals surface area contributed by atoms with Crippen LogP contribution in [0.3, 0.4) is 0 Å². The number of rotatable bonds is 0. The van der Waals surface area contributed by atoms with E-state index in [0.29, 0.717) is 0 Å². The molecule has 0 heteroatoms. The van der Waals surface area contributed by atoms with Gasteiger partial charge in [0.2, 0.25) is 0 Å². The van der Waals surface area contributed by atoms with Crippen LogP contribution in [0.5, 0.6) is 0 Å². The van der Waals surface area contributed by atoms with Gasteiger partial charge >= 0.3 is 0 Å². The molecule has 0 saturated carbocycles. The Balaban J connectivity index is 0.000000146. The van der Waals surface area contributed by atoms with E-state index in [1.165, 1.54) is 75.4 Å². The molecule has 0 heterocycles. The SMILES string of the molecule is C(#Cc1c2cc3ccccc3cc2c(C#Cc2ccc3ccccc3c2)c2cc3ccccc3cc12)c1ccc2ccccc2c1.C(#Cc1cccc2cc3c(C#Cc4ccc5ccccc5c4)cccc3cc12)c1ccc2ccccc2c1. The molecule has 0 aliphatic heterocycles. The minimum atomic E-state index is 1.00. The molecule has 16 aromatic carbocycles. The van der Waals surface area contributed by atoms with Crippen LogP contribution >= 0.6 is 0 Å². The van der Waals surface area contributed by atoms with E-state index in [4.69, 9.17) is 0 Å². The third kappa shape index (κ3) is 9.75. The van der Waals surface area contributed by atoms with E-state index in [1.54, 1.807) is 0 Å². The highest BCUT2D eigenvalue weighted by molar-refractivity contribution is 6.16. The molecule has 0 aliphatic rings. The van der Waals surface area contributed by atoms with Gasteiger partial charge in [-0.2, -0.15) is 0 Å². The van der Waals surface area contributed by atoms with Gasteiger partial charge in [-0.1, -0.05) is 241 Å². The van der Waals surface area contributed by atoms with Crippen molar-refractivity contribution in [2.45, 2.75) is 0 Å². The minimum Gasteiger partial charge on any atom is -0.0616 e. The van der Waals surface area contributed by atoms with E-state index in [0.717, 1.165) is 76.8 Å². The van der Waals surface area contributed by atoms with E-state index < -0.39 is 0 Å². The first kappa shape index (κ1) is 49.4. The van der Waals surface area contributed by atoms with Gasteiger partial charge in [-0.3, -0.25) is 0 Å². The Morgan fingerprint density at radius 3 is 0.655 bits per heavy atom. The lowest BCUT2D eigenvalue weighted by Gasteiger charge is -2.14. The zero-order valence-electron chi connectivity index (χ0n) is 45.7. The Morgan fingerprint density at radius 2 is 0.369 bits per heavy atom. The van der Waals surface area contributed by atoms with Gasteiger partial charge < -0.3 is 0 Å². The van der Waals surface area contributed by atoms with Crippen LogP contribution in [0.4, 0.5) is 0 Å². The summed E-state index contributed by atoms with van der Waals surface area (Å²) < 4.78 is 0. The average molecular weight is 1060 g/mol. The van der Waals surface area contributed by atoms with Gasteiger partial charge in [0.15, 0.2) is 0 Å². The van der Waals surface area contributed by atoms with Crippen LogP contribution in [-0.4, -0.2) is 0 Å². The van der Waals surface area contributed by atoms with E-state index in [2.05, 4.69) is 339 Å². The second-order valence-corrected chi connectivity index (χ2v) is 21.4. The van der Waals surface area contributed by atoms with Crippen molar-refractivity contribution in [3.8, 4) is 47.4 Å². The molecular weight excluding hydrogens is 1010 g/mol. The third-order valence-corrected chi connectivity index (χ3v) is 16.1. The summed E-state index contributed by atoms with van der Waals surface area (Å²) in [7, 11) is 0. The fourth-order valence-electron chi connectivity index (χ4n) is 11.8. The van der Waals surface area contributed by atoms with Gasteiger partial charge in [-0.05, 0) is 205 Å². The van der Waals surface area contributed by atoms with Crippen molar-refractivity contribution in [3.05, 3.63) is 336 Å². The molecule has 0 nitrogen and oxygen atoms in total. The van der Waals surface area contributed by atoms with Crippen molar-refractivity contribution in [1.82, 2.24) is 0 Å². The highest BCUT2D eigenvalue weighted by Gasteiger charge is 2.15. The quantitative estimate of drug-likeness (QED) is 0.105. The van der Waals surface area contributed by atoms with Crippen LogP contribution in [-0.2, 0) is 0 Å². The van der Waals surface area contributed by atoms with Crippen LogP contribution in [0.1, 0.15) is 44.5 Å². The first-order chi connectivity index (χ1) is 41.6. The molecule has 84 heavy (non-hydrogen) atoms. The van der Waals surface area contributed by atoms with Crippen molar-refractivity contribution >= 4 is 108 Å². The molecule has 0 bridgehead atoms. The van der Waals surface area contributed by atoms with Crippen molar-refractivity contribution in [1.29, 1.82) is 0 Å². The summed E-state index contributed by atoms with van der Waals surface area (Å²) in [5.74, 6) is 28.0. The van der Waals surface area contributed by atoms with Gasteiger partial charge in [0.25, 0.3) is 0 Å². The standard InChI is InChI=1S/C46H26.C38H22/c1-3-11-35-25-31(17-21-33(35)9-1)19-23-41-43-27-37-13-5-7-15-39(37)29-45(43)42(46-30-40-16-8-6-14-38(40)28-44(41)46)24-20-32-18-22-34-10-2-4-12-36(34)26-32;1-3-9-33-23-27(15-19-29(33)7-1)17-21-31-11-5-13-35-26-38-32(12-6-14-36(38)25-37(31)35)22-18-28-16-20-30-8-2-4-10-34(30)24-28/h1-18,21-22,25-30H;1-16,19-20,23-26H. The highest BCUT2D eigenvalue weighted by Crippen LogP contribution is 2.38. The minimum absolute atomic E-state index is 1.00. The van der Waals surface area contributed by atoms with E-state index in [9.17, 15) is 0 Å². The monoisotopic (exact) mass is 1060 g/mol. The predicted molar refractivity (Wildman–Crippen MR) is 358 cm³/mol. The molecule has 0 fully saturated rings. The first-order valence-corrected chi connectivity index (χ1v) is 28.4. The molecule has 0 saturated heterocycles. The third-order valence-electron chi connectivity index (χ3n) is 16.1. The fourth-order valence-corrected chi connectivity index (χ4v) is 11.8. The zero-order valence-corrected chi connectivity index (χ0v) is 45.7. The van der Waals surface area contributed by atoms with Crippen LogP contribution < -0.4 is 0 Å². The second-order valence-electron chi connectivity index (χ2n) is 21.4. The van der Waals surface area contributed by atoms with Crippen molar-refractivity contribution in [2.75, 3.05) is 0 Å². The number of benzene rings is 16. The molecule has 0 spiro atoms. The predicted octanol–water partition coefficient (Wildman–Crippen LogP) is 20.5. The van der Waals surface area contributed by atoms with Crippen molar-refractivity contribution in [3.63, 3.8) is 0 Å². The molecule has 0 N–H and O–H groups in total. The van der Waals surface area contributed by atoms with E-state index >= 15 is 0 Å². The van der Waals surface area contributed by atoms with Crippen LogP contribution in [0.15, 0.2) is 291 Å². The van der Waals surface area contributed by atoms with Crippen molar-refractivity contribution in [2.24, 2.45) is 0 Å². The van der Waals surface area contributed by atoms with E-state index in [1.807, 2.05) is 0 Å². The Bertz CT molecular complexity index is 5200. The summed E-state index contributed by atoms with van der Waals surface area (Å²) in [5.41, 5.74) is 8.18. The second kappa shape index (κ2) is 21.4. The number of fused-ring (bicyclic) bond motifs is 10. The molecule has 16 rings (SSSR count). The summed E-state index contributed by atoms with van der Waals surface area (Å²) in [4.78, 5) is 0. The lowest BCUT2D eigenvalue weighted by molar-refractivity contribution is 1.67. The maximum atomic E-state index is 3.66. The Kier molecular flexibility index (Phi) is 12.6. The maximum absolute atomic E-state index is 3.66. The van der Waals surface area contributed by atoms with Gasteiger partial charge in [0.1, 0.15) is 0 Å². The molecule has 16 aromatic rings. The lowest BCUT2D eigenvalue weighted by Crippen LogP contribution is -1.92. The summed E-state index contributed by atoms with van der Waals surface area (Å²) in [6.45, 7) is 0. The van der Waals surface area contributed by atoms with Gasteiger partial charge in [-0.15, -0.1) is 0 Å². The zero-order chi connectivity index (χ0) is 55.8. The molecule has 0 amide bonds. The van der Waals surface area contributed by atoms with Crippen LogP contribution in [0.25, 0.3) is 108 Å². The molecule has 0 aliphatic carbocycles. The molecule has 0 aromatic heterocycles. The average Bonchev–Trinajstić information content (AvgIpc) is 1.90. The topological polar surface area (TPSA) is 0 Å². The Morgan fingerprint density at radius 1 is 0.143 bits per heavy atom. The molecular formula is C84H48. The normalized spacial score (nSPS) is 11.0. The highest BCUT2D eigenvalue weighted by atomic mass is 14.2. The number of hydrogen-bond donors (Lipinski definition) is 0. The summed E-state index contributed by atoms with van der Waals surface area (Å²) in [6.07, 6.45) is 0. The first-order valence-electron chi connectivity index (χ1n) is 28.4. The number of hydrogen-bond acceptors (Lipinski definition) is 0. The summed E-state index contributed by atoms with van der Waals surface area (Å²) in [5, 5.41) is 23.6. The van der Waals surface area contributed by atoms with E-state index in [-0.39, 0.29) is 0 Å². The maximum Gasteiger partial charge on any atom is 0.0407 e. The Hall–Kier alpha value is -11.6.